The van der Waals surface area contributed by atoms with Gasteiger partial charge in [-0.05, 0) is 38.1 Å². The van der Waals surface area contributed by atoms with Crippen molar-refractivity contribution in [2.75, 3.05) is 54.5 Å². The number of ether oxygens (including phenoxy) is 1. The zero-order chi connectivity index (χ0) is 16.8. The molecule has 1 saturated heterocycles. The van der Waals surface area contributed by atoms with Gasteiger partial charge in [-0.15, -0.1) is 5.10 Å². The molecule has 0 atom stereocenters. The van der Waals surface area contributed by atoms with Crippen molar-refractivity contribution in [3.8, 4) is 0 Å². The molecule has 1 N–H and O–H groups in total. The zero-order valence-electron chi connectivity index (χ0n) is 14.3. The van der Waals surface area contributed by atoms with E-state index < -0.39 is 0 Å². The second-order valence-corrected chi connectivity index (χ2v) is 5.59. The smallest absolute Gasteiger partial charge is 0.247 e. The Bertz CT molecular complexity index is 638. The van der Waals surface area contributed by atoms with Gasteiger partial charge in [-0.1, -0.05) is 0 Å². The van der Waals surface area contributed by atoms with E-state index in [-0.39, 0.29) is 0 Å². The van der Waals surface area contributed by atoms with Crippen LogP contribution in [0.2, 0.25) is 0 Å². The lowest BCUT2D eigenvalue weighted by atomic mass is 10.2. The highest BCUT2D eigenvalue weighted by molar-refractivity contribution is 5.60. The van der Waals surface area contributed by atoms with Crippen LogP contribution >= 0.6 is 0 Å². The molecule has 24 heavy (non-hydrogen) atoms. The number of aromatic nitrogens is 3. The van der Waals surface area contributed by atoms with Crippen LogP contribution in [-0.4, -0.2) is 54.6 Å². The molecule has 2 aromatic rings. The summed E-state index contributed by atoms with van der Waals surface area (Å²) in [6, 6.07) is 8.36. The average Bonchev–Trinajstić information content (AvgIpc) is 2.65. The first-order valence-corrected chi connectivity index (χ1v) is 8.44. The van der Waals surface area contributed by atoms with Crippen LogP contribution in [-0.2, 0) is 4.74 Å². The molecule has 1 fully saturated rings. The molecule has 0 unspecified atom stereocenters. The Labute approximate surface area is 142 Å². The molecule has 0 spiro atoms. The minimum absolute atomic E-state index is 0.642. The summed E-state index contributed by atoms with van der Waals surface area (Å²) >= 11 is 0. The third-order valence-electron chi connectivity index (χ3n) is 4.11. The number of hydrogen-bond acceptors (Lipinski definition) is 7. The van der Waals surface area contributed by atoms with Crippen LogP contribution in [0.4, 0.5) is 23.1 Å². The predicted octanol–water partition coefficient (Wildman–Crippen LogP) is 2.30. The highest BCUT2D eigenvalue weighted by Crippen LogP contribution is 2.20. The van der Waals surface area contributed by atoms with Gasteiger partial charge in [-0.2, -0.15) is 10.1 Å². The molecular weight excluding hydrogens is 304 g/mol. The van der Waals surface area contributed by atoms with Gasteiger partial charge in [0.25, 0.3) is 0 Å². The van der Waals surface area contributed by atoms with Gasteiger partial charge in [-0.3, -0.25) is 0 Å². The molecule has 0 radical (unpaired) electrons. The predicted molar refractivity (Wildman–Crippen MR) is 96.1 cm³/mol. The summed E-state index contributed by atoms with van der Waals surface area (Å²) in [5.41, 5.74) is 2.21. The van der Waals surface area contributed by atoms with Crippen molar-refractivity contribution in [3.63, 3.8) is 0 Å². The quantitative estimate of drug-likeness (QED) is 0.872. The van der Waals surface area contributed by atoms with Gasteiger partial charge in [0.15, 0.2) is 5.82 Å². The van der Waals surface area contributed by atoms with E-state index in [1.165, 1.54) is 5.69 Å². The Hall–Kier alpha value is -2.41. The van der Waals surface area contributed by atoms with Crippen LogP contribution in [0.1, 0.15) is 13.8 Å². The molecule has 2 heterocycles. The molecule has 0 saturated carbocycles. The zero-order valence-corrected chi connectivity index (χ0v) is 14.3. The Balaban J connectivity index is 1.69. The molecule has 7 nitrogen and oxygen atoms in total. The van der Waals surface area contributed by atoms with Crippen molar-refractivity contribution < 1.29 is 4.74 Å². The Morgan fingerprint density at radius 1 is 1.12 bits per heavy atom. The number of rotatable bonds is 6. The fourth-order valence-electron chi connectivity index (χ4n) is 2.74. The van der Waals surface area contributed by atoms with Crippen molar-refractivity contribution in [2.45, 2.75) is 13.8 Å². The molecule has 0 bridgehead atoms. The number of anilines is 4. The first-order chi connectivity index (χ1) is 11.8. The molecular formula is C17H24N6O. The van der Waals surface area contributed by atoms with Crippen LogP contribution in [0.25, 0.3) is 0 Å². The Kier molecular flexibility index (Phi) is 5.43. The van der Waals surface area contributed by atoms with Gasteiger partial charge in [0.05, 0.1) is 19.4 Å². The summed E-state index contributed by atoms with van der Waals surface area (Å²) < 4.78 is 5.36. The van der Waals surface area contributed by atoms with Crippen LogP contribution in [0, 0.1) is 0 Å². The van der Waals surface area contributed by atoms with E-state index in [1.807, 2.05) is 0 Å². The molecule has 7 heteroatoms. The number of benzene rings is 1. The maximum absolute atomic E-state index is 5.36. The van der Waals surface area contributed by atoms with E-state index in [0.717, 1.165) is 31.9 Å². The topological polar surface area (TPSA) is 66.4 Å². The summed E-state index contributed by atoms with van der Waals surface area (Å²) in [6.45, 7) is 9.32. The fourth-order valence-corrected chi connectivity index (χ4v) is 2.74. The lowest BCUT2D eigenvalue weighted by molar-refractivity contribution is 0.122. The molecule has 1 aromatic heterocycles. The van der Waals surface area contributed by atoms with Crippen molar-refractivity contribution in [3.05, 3.63) is 30.5 Å². The minimum Gasteiger partial charge on any atom is -0.378 e. The molecule has 0 amide bonds. The Morgan fingerprint density at radius 2 is 1.83 bits per heavy atom. The van der Waals surface area contributed by atoms with E-state index in [4.69, 9.17) is 4.74 Å². The third-order valence-corrected chi connectivity index (χ3v) is 4.11. The number of hydrogen-bond donors (Lipinski definition) is 1. The molecule has 3 rings (SSSR count). The van der Waals surface area contributed by atoms with Crippen LogP contribution in [0.3, 0.4) is 0 Å². The summed E-state index contributed by atoms with van der Waals surface area (Å²) in [7, 11) is 0. The molecule has 1 aromatic carbocycles. The summed E-state index contributed by atoms with van der Waals surface area (Å²) in [5, 5.41) is 11.5. The van der Waals surface area contributed by atoms with Gasteiger partial charge in [0.1, 0.15) is 0 Å². The second-order valence-electron chi connectivity index (χ2n) is 5.59. The fraction of sp³-hybridized carbons (Fsp3) is 0.471. The minimum atomic E-state index is 0.642. The normalized spacial score (nSPS) is 14.5. The monoisotopic (exact) mass is 328 g/mol. The maximum atomic E-state index is 5.36. The van der Waals surface area contributed by atoms with Crippen molar-refractivity contribution in [1.82, 2.24) is 15.2 Å². The van der Waals surface area contributed by atoms with E-state index in [1.54, 1.807) is 6.20 Å². The van der Waals surface area contributed by atoms with Crippen LogP contribution in [0.5, 0.6) is 0 Å². The average molecular weight is 328 g/mol. The van der Waals surface area contributed by atoms with E-state index in [0.29, 0.717) is 25.0 Å². The number of nitrogens with one attached hydrogen (secondary N) is 1. The van der Waals surface area contributed by atoms with Gasteiger partial charge < -0.3 is 19.9 Å². The van der Waals surface area contributed by atoms with Crippen LogP contribution < -0.4 is 15.1 Å². The first kappa shape index (κ1) is 16.4. The third kappa shape index (κ3) is 3.91. The van der Waals surface area contributed by atoms with Crippen molar-refractivity contribution in [2.24, 2.45) is 0 Å². The number of nitrogens with zero attached hydrogens (tertiary/aromatic N) is 5. The standard InChI is InChI=1S/C17H24N6O/c1-3-22(4-2)15-7-5-14(6-8-15)19-16-13-18-21-17(20-16)23-9-11-24-12-10-23/h5-8,13H,3-4,9-12H2,1-2H3,(H,19,20,21). The van der Waals surface area contributed by atoms with Gasteiger partial charge in [-0.25, -0.2) is 0 Å². The first-order valence-electron chi connectivity index (χ1n) is 8.44. The molecule has 128 valence electrons. The highest BCUT2D eigenvalue weighted by Gasteiger charge is 2.14. The second kappa shape index (κ2) is 7.92. The lowest BCUT2D eigenvalue weighted by Crippen LogP contribution is -2.37. The molecule has 0 aliphatic carbocycles. The van der Waals surface area contributed by atoms with Gasteiger partial charge in [0, 0.05) is 37.6 Å². The summed E-state index contributed by atoms with van der Waals surface area (Å²) in [6.07, 6.45) is 1.64. The SMILES string of the molecule is CCN(CC)c1ccc(Nc2cnnc(N3CCOCC3)n2)cc1. The van der Waals surface area contributed by atoms with Gasteiger partial charge in [0.2, 0.25) is 5.95 Å². The summed E-state index contributed by atoms with van der Waals surface area (Å²) in [4.78, 5) is 8.96. The maximum Gasteiger partial charge on any atom is 0.247 e. The van der Waals surface area contributed by atoms with E-state index in [2.05, 4.69) is 68.4 Å². The highest BCUT2D eigenvalue weighted by atomic mass is 16.5. The largest absolute Gasteiger partial charge is 0.378 e. The van der Waals surface area contributed by atoms with E-state index in [9.17, 15) is 0 Å². The Morgan fingerprint density at radius 3 is 2.50 bits per heavy atom. The van der Waals surface area contributed by atoms with E-state index >= 15 is 0 Å². The van der Waals surface area contributed by atoms with Crippen LogP contribution in [0.15, 0.2) is 30.5 Å². The molecule has 1 aliphatic heterocycles. The molecule has 1 aliphatic rings. The lowest BCUT2D eigenvalue weighted by Gasteiger charge is -2.26. The van der Waals surface area contributed by atoms with Crippen molar-refractivity contribution in [1.29, 1.82) is 0 Å². The summed E-state index contributed by atoms with van der Waals surface area (Å²) in [5.74, 6) is 1.34. The number of morpholine rings is 1. The van der Waals surface area contributed by atoms with Gasteiger partial charge >= 0.3 is 0 Å². The van der Waals surface area contributed by atoms with Crippen molar-refractivity contribution >= 4 is 23.1 Å².